The summed E-state index contributed by atoms with van der Waals surface area (Å²) in [4.78, 5) is 33.4. The van der Waals surface area contributed by atoms with E-state index in [-0.39, 0.29) is 17.8 Å². The van der Waals surface area contributed by atoms with Crippen LogP contribution in [0.5, 0.6) is 0 Å². The van der Waals surface area contributed by atoms with Crippen LogP contribution < -0.4 is 0 Å². The van der Waals surface area contributed by atoms with Crippen LogP contribution in [0.3, 0.4) is 0 Å². The molecule has 0 atom stereocenters. The summed E-state index contributed by atoms with van der Waals surface area (Å²) in [6.45, 7) is 4.26. The van der Waals surface area contributed by atoms with Crippen LogP contribution in [0.25, 0.3) is 0 Å². The molecule has 0 aliphatic heterocycles. The number of methoxy groups -OCH3 is 1. The summed E-state index contributed by atoms with van der Waals surface area (Å²) in [5.41, 5.74) is 0.161. The third kappa shape index (κ3) is 4.68. The smallest absolute Gasteiger partial charge is 0.344 e. The minimum atomic E-state index is -0.780. The highest BCUT2D eigenvalue weighted by Crippen LogP contribution is 2.21. The van der Waals surface area contributed by atoms with Crippen LogP contribution in [0.4, 0.5) is 5.69 Å². The molecule has 1 aromatic carbocycles. The number of carbonyl (C=O) groups is 2. The molecular weight excluding hydrogens is 264 g/mol. The number of benzene rings is 1. The van der Waals surface area contributed by atoms with Crippen molar-refractivity contribution in [2.45, 2.75) is 20.4 Å². The van der Waals surface area contributed by atoms with E-state index < -0.39 is 10.9 Å². The molecule has 0 saturated carbocycles. The Balaban J connectivity index is 0.00000172. The molecule has 0 spiro atoms. The van der Waals surface area contributed by atoms with Gasteiger partial charge in [-0.2, -0.15) is 0 Å². The molecule has 0 heterocycles. The lowest BCUT2D eigenvalue weighted by atomic mass is 10.1. The number of rotatable bonds is 5. The minimum Gasteiger partial charge on any atom is -0.465 e. The van der Waals surface area contributed by atoms with Crippen molar-refractivity contribution in [2.75, 3.05) is 14.2 Å². The molecule has 110 valence electrons. The Kier molecular flexibility index (Phi) is 7.57. The van der Waals surface area contributed by atoms with E-state index in [1.165, 1.54) is 23.1 Å². The Morgan fingerprint density at radius 1 is 1.45 bits per heavy atom. The highest BCUT2D eigenvalue weighted by molar-refractivity contribution is 5.94. The van der Waals surface area contributed by atoms with Gasteiger partial charge in [0.2, 0.25) is 6.41 Å². The number of carbonyl (C=O) groups excluding carboxylic acids is 2. The number of hydrogen-bond acceptors (Lipinski definition) is 5. The minimum absolute atomic E-state index is 0.126. The second-order valence-electron chi connectivity index (χ2n) is 3.62. The number of esters is 1. The maximum atomic E-state index is 11.4. The zero-order chi connectivity index (χ0) is 15.7. The molecule has 0 aliphatic carbocycles. The van der Waals surface area contributed by atoms with Crippen molar-refractivity contribution >= 4 is 18.1 Å². The molecule has 0 N–H and O–H groups in total. The van der Waals surface area contributed by atoms with Crippen molar-refractivity contribution in [1.82, 2.24) is 4.90 Å². The zero-order valence-corrected chi connectivity index (χ0v) is 12.0. The third-order valence-corrected chi connectivity index (χ3v) is 2.27. The fourth-order valence-corrected chi connectivity index (χ4v) is 1.44. The van der Waals surface area contributed by atoms with Gasteiger partial charge in [-0.15, -0.1) is 0 Å². The van der Waals surface area contributed by atoms with Gasteiger partial charge in [0.15, 0.2) is 0 Å². The van der Waals surface area contributed by atoms with Gasteiger partial charge in [0, 0.05) is 19.7 Å². The van der Waals surface area contributed by atoms with Gasteiger partial charge in [-0.3, -0.25) is 14.9 Å². The number of hydrogen-bond donors (Lipinski definition) is 0. The van der Waals surface area contributed by atoms with Gasteiger partial charge in [-0.05, 0) is 11.6 Å². The SMILES string of the molecule is CC.COC(=O)c1cc(CN(C)C=O)ccc1[N+](=O)[O-]. The Bertz CT molecular complexity index is 488. The average molecular weight is 282 g/mol. The molecule has 1 aromatic rings. The number of ether oxygens (including phenoxy) is 1. The molecule has 0 fully saturated rings. The molecule has 0 unspecified atom stereocenters. The fraction of sp³-hybridized carbons (Fsp3) is 0.385. The lowest BCUT2D eigenvalue weighted by molar-refractivity contribution is -0.385. The summed E-state index contributed by atoms with van der Waals surface area (Å²) in [5, 5.41) is 10.8. The van der Waals surface area contributed by atoms with Gasteiger partial charge in [0.1, 0.15) is 5.56 Å². The summed E-state index contributed by atoms with van der Waals surface area (Å²) >= 11 is 0. The Morgan fingerprint density at radius 2 is 2.05 bits per heavy atom. The largest absolute Gasteiger partial charge is 0.465 e. The van der Waals surface area contributed by atoms with Gasteiger partial charge < -0.3 is 9.64 Å². The van der Waals surface area contributed by atoms with Crippen LogP contribution in [-0.4, -0.2) is 36.4 Å². The Hall–Kier alpha value is -2.44. The quantitative estimate of drug-likeness (QED) is 0.356. The van der Waals surface area contributed by atoms with Crippen LogP contribution >= 0.6 is 0 Å². The van der Waals surface area contributed by atoms with Crippen molar-refractivity contribution in [3.05, 3.63) is 39.4 Å². The second-order valence-corrected chi connectivity index (χ2v) is 3.62. The molecule has 7 nitrogen and oxygen atoms in total. The molecule has 1 amide bonds. The average Bonchev–Trinajstić information content (AvgIpc) is 2.47. The van der Waals surface area contributed by atoms with Crippen LogP contribution in [-0.2, 0) is 16.1 Å². The van der Waals surface area contributed by atoms with Crippen molar-refractivity contribution in [1.29, 1.82) is 0 Å². The monoisotopic (exact) mass is 282 g/mol. The predicted octanol–water partition coefficient (Wildman–Crippen LogP) is 2.00. The first-order valence-electron chi connectivity index (χ1n) is 6.00. The lowest BCUT2D eigenvalue weighted by Crippen LogP contribution is -2.15. The molecule has 0 saturated heterocycles. The van der Waals surface area contributed by atoms with E-state index >= 15 is 0 Å². The van der Waals surface area contributed by atoms with Crippen LogP contribution in [0.1, 0.15) is 29.8 Å². The topological polar surface area (TPSA) is 89.8 Å². The van der Waals surface area contributed by atoms with Crippen LogP contribution in [0, 0.1) is 10.1 Å². The first kappa shape index (κ1) is 17.6. The predicted molar refractivity (Wildman–Crippen MR) is 73.3 cm³/mol. The second kappa shape index (κ2) is 8.63. The van der Waals surface area contributed by atoms with Crippen LogP contribution in [0.2, 0.25) is 0 Å². The third-order valence-electron chi connectivity index (χ3n) is 2.27. The van der Waals surface area contributed by atoms with Crippen molar-refractivity contribution in [2.24, 2.45) is 0 Å². The standard InChI is InChI=1S/C11H12N2O5.C2H6/c1-12(7-14)6-8-3-4-10(13(16)17)9(5-8)11(15)18-2;1-2/h3-5,7H,6H2,1-2H3;1-2H3. The Morgan fingerprint density at radius 3 is 2.50 bits per heavy atom. The molecule has 1 rings (SSSR count). The van der Waals surface area contributed by atoms with E-state index in [1.807, 2.05) is 13.8 Å². The molecule has 0 aromatic heterocycles. The van der Waals surface area contributed by atoms with Crippen molar-refractivity contribution in [3.8, 4) is 0 Å². The first-order chi connectivity index (χ1) is 9.49. The molecule has 7 heteroatoms. The van der Waals surface area contributed by atoms with Gasteiger partial charge in [-0.1, -0.05) is 19.9 Å². The summed E-state index contributed by atoms with van der Waals surface area (Å²) in [6.07, 6.45) is 0.624. The summed E-state index contributed by atoms with van der Waals surface area (Å²) < 4.78 is 4.49. The maximum Gasteiger partial charge on any atom is 0.344 e. The maximum absolute atomic E-state index is 11.4. The van der Waals surface area contributed by atoms with Crippen molar-refractivity contribution in [3.63, 3.8) is 0 Å². The lowest BCUT2D eigenvalue weighted by Gasteiger charge is -2.11. The highest BCUT2D eigenvalue weighted by atomic mass is 16.6. The van der Waals surface area contributed by atoms with E-state index in [0.29, 0.717) is 12.0 Å². The molecule has 0 bridgehead atoms. The number of amides is 1. The van der Waals surface area contributed by atoms with E-state index in [4.69, 9.17) is 0 Å². The van der Waals surface area contributed by atoms with Gasteiger partial charge in [-0.25, -0.2) is 4.79 Å². The molecular formula is C13H18N2O5. The summed E-state index contributed by atoms with van der Waals surface area (Å²) in [7, 11) is 2.71. The normalized spacial score (nSPS) is 9.00. The number of nitro benzene ring substituents is 1. The molecule has 20 heavy (non-hydrogen) atoms. The number of nitrogens with zero attached hydrogens (tertiary/aromatic N) is 2. The van der Waals surface area contributed by atoms with Gasteiger partial charge in [0.05, 0.1) is 12.0 Å². The summed E-state index contributed by atoms with van der Waals surface area (Å²) in [5.74, 6) is -0.780. The molecule has 0 aliphatic rings. The summed E-state index contributed by atoms with van der Waals surface area (Å²) in [6, 6.07) is 4.06. The highest BCUT2D eigenvalue weighted by Gasteiger charge is 2.21. The van der Waals surface area contributed by atoms with E-state index in [9.17, 15) is 19.7 Å². The van der Waals surface area contributed by atoms with E-state index in [0.717, 1.165) is 7.11 Å². The van der Waals surface area contributed by atoms with E-state index in [2.05, 4.69) is 4.74 Å². The zero-order valence-electron chi connectivity index (χ0n) is 12.0. The fourth-order valence-electron chi connectivity index (χ4n) is 1.44. The van der Waals surface area contributed by atoms with E-state index in [1.54, 1.807) is 7.05 Å². The number of nitro groups is 1. The van der Waals surface area contributed by atoms with Crippen LogP contribution in [0.15, 0.2) is 18.2 Å². The van der Waals surface area contributed by atoms with Gasteiger partial charge in [0.25, 0.3) is 5.69 Å². The van der Waals surface area contributed by atoms with Gasteiger partial charge >= 0.3 is 5.97 Å². The molecule has 0 radical (unpaired) electrons. The van der Waals surface area contributed by atoms with Crippen molar-refractivity contribution < 1.29 is 19.2 Å². The Labute approximate surface area is 117 Å². The first-order valence-corrected chi connectivity index (χ1v) is 6.00.